The normalized spacial score (nSPS) is 19.2. The van der Waals surface area contributed by atoms with Crippen LogP contribution < -0.4 is 5.73 Å². The number of rotatable bonds is 5. The summed E-state index contributed by atoms with van der Waals surface area (Å²) in [6.45, 7) is -0.198. The Hall–Kier alpha value is -2.29. The molecule has 160 valence electrons. The van der Waals surface area contributed by atoms with Crippen molar-refractivity contribution in [2.24, 2.45) is 10.8 Å². The molecule has 1 atom stereocenters. The molecule has 1 aliphatic heterocycles. The van der Waals surface area contributed by atoms with E-state index < -0.39 is 24.0 Å². The maximum atomic E-state index is 14.4. The van der Waals surface area contributed by atoms with Gasteiger partial charge in [-0.2, -0.15) is 18.3 Å². The Balaban J connectivity index is 2.10. The Morgan fingerprint density at radius 2 is 1.87 bits per heavy atom. The standard InChI is InChI=1S/C20H18Cl2F3N3O2/c1-28-19(20(23,24)25,13-7-14(21)9-15(22)8-13)10-17(27-28)12-3-2-11(4-5-29)16(6-12)18(26)30/h2-3,6-9,29H,4-5,10H2,1H3,(H2,26,30). The lowest BCUT2D eigenvalue weighted by molar-refractivity contribution is -0.227. The summed E-state index contributed by atoms with van der Waals surface area (Å²) in [7, 11) is 1.23. The molecular formula is C20H18Cl2F3N3O2. The van der Waals surface area contributed by atoms with Crippen LogP contribution in [0.25, 0.3) is 0 Å². The molecule has 10 heteroatoms. The predicted molar refractivity (Wildman–Crippen MR) is 109 cm³/mol. The molecular weight excluding hydrogens is 442 g/mol. The molecule has 2 aromatic rings. The Morgan fingerprint density at radius 1 is 1.23 bits per heavy atom. The minimum absolute atomic E-state index is 0.0762. The molecule has 0 bridgehead atoms. The highest BCUT2D eigenvalue weighted by Crippen LogP contribution is 2.50. The van der Waals surface area contributed by atoms with E-state index in [1.807, 2.05) is 0 Å². The molecule has 1 heterocycles. The first-order chi connectivity index (χ1) is 14.0. The van der Waals surface area contributed by atoms with Crippen molar-refractivity contribution < 1.29 is 23.1 Å². The number of carbonyl (C=O) groups excluding carboxylic acids is 1. The van der Waals surface area contributed by atoms with Crippen molar-refractivity contribution in [2.75, 3.05) is 13.7 Å². The molecule has 0 fully saturated rings. The largest absolute Gasteiger partial charge is 0.417 e. The van der Waals surface area contributed by atoms with Gasteiger partial charge in [0.05, 0.1) is 5.71 Å². The van der Waals surface area contributed by atoms with Gasteiger partial charge in [0.25, 0.3) is 0 Å². The van der Waals surface area contributed by atoms with Gasteiger partial charge >= 0.3 is 6.18 Å². The van der Waals surface area contributed by atoms with E-state index in [9.17, 15) is 18.0 Å². The van der Waals surface area contributed by atoms with Crippen molar-refractivity contribution in [2.45, 2.75) is 24.6 Å². The number of hydrogen-bond acceptors (Lipinski definition) is 4. The zero-order chi connectivity index (χ0) is 22.3. The highest BCUT2D eigenvalue weighted by Gasteiger charge is 2.62. The van der Waals surface area contributed by atoms with E-state index >= 15 is 0 Å². The lowest BCUT2D eigenvalue weighted by Crippen LogP contribution is -2.50. The van der Waals surface area contributed by atoms with Gasteiger partial charge in [0.2, 0.25) is 5.91 Å². The van der Waals surface area contributed by atoms with Crippen LogP contribution in [0.3, 0.4) is 0 Å². The number of hydrogen-bond donors (Lipinski definition) is 2. The zero-order valence-electron chi connectivity index (χ0n) is 15.8. The summed E-state index contributed by atoms with van der Waals surface area (Å²) in [5.41, 5.74) is 3.88. The van der Waals surface area contributed by atoms with Gasteiger partial charge in [-0.1, -0.05) is 35.3 Å². The van der Waals surface area contributed by atoms with Crippen molar-refractivity contribution in [1.29, 1.82) is 0 Å². The summed E-state index contributed by atoms with van der Waals surface area (Å²) < 4.78 is 43.1. The smallest absolute Gasteiger partial charge is 0.396 e. The van der Waals surface area contributed by atoms with E-state index in [-0.39, 0.29) is 39.9 Å². The van der Waals surface area contributed by atoms with Crippen LogP contribution in [0.1, 0.15) is 33.5 Å². The summed E-state index contributed by atoms with van der Waals surface area (Å²) in [5.74, 6) is -0.740. The van der Waals surface area contributed by atoms with Crippen LogP contribution in [0, 0.1) is 0 Å². The molecule has 2 aromatic carbocycles. The summed E-state index contributed by atoms with van der Waals surface area (Å²) in [4.78, 5) is 11.8. The molecule has 0 spiro atoms. The van der Waals surface area contributed by atoms with Crippen LogP contribution in [0.15, 0.2) is 41.5 Å². The van der Waals surface area contributed by atoms with Crippen LogP contribution in [0.5, 0.6) is 0 Å². The molecule has 1 amide bonds. The Labute approximate surface area is 180 Å². The van der Waals surface area contributed by atoms with Gasteiger partial charge in [0.1, 0.15) is 0 Å². The van der Waals surface area contributed by atoms with Crippen LogP contribution >= 0.6 is 23.2 Å². The maximum absolute atomic E-state index is 14.4. The highest BCUT2D eigenvalue weighted by atomic mass is 35.5. The fourth-order valence-corrected chi connectivity index (χ4v) is 4.20. The Morgan fingerprint density at radius 3 is 2.40 bits per heavy atom. The molecule has 0 radical (unpaired) electrons. The fourth-order valence-electron chi connectivity index (χ4n) is 3.67. The summed E-state index contributed by atoms with van der Waals surface area (Å²) in [6.07, 6.45) is -5.02. The van der Waals surface area contributed by atoms with Crippen LogP contribution in [0.4, 0.5) is 13.2 Å². The molecule has 30 heavy (non-hydrogen) atoms. The van der Waals surface area contributed by atoms with Crippen molar-refractivity contribution in [1.82, 2.24) is 5.01 Å². The third kappa shape index (κ3) is 3.87. The number of nitrogens with zero attached hydrogens (tertiary/aromatic N) is 2. The number of amides is 1. The monoisotopic (exact) mass is 459 g/mol. The van der Waals surface area contributed by atoms with Crippen molar-refractivity contribution in [3.63, 3.8) is 0 Å². The van der Waals surface area contributed by atoms with Gasteiger partial charge in [0.15, 0.2) is 5.54 Å². The number of carbonyl (C=O) groups is 1. The number of hydrazone groups is 1. The van der Waals surface area contributed by atoms with Gasteiger partial charge in [-0.25, -0.2) is 0 Å². The molecule has 0 saturated heterocycles. The first-order valence-corrected chi connectivity index (χ1v) is 9.64. The van der Waals surface area contributed by atoms with Crippen LogP contribution in [0.2, 0.25) is 10.0 Å². The lowest BCUT2D eigenvalue weighted by Gasteiger charge is -2.37. The number of primary amides is 1. The van der Waals surface area contributed by atoms with Gasteiger partial charge in [-0.15, -0.1) is 0 Å². The Kier molecular flexibility index (Phi) is 6.04. The third-order valence-corrected chi connectivity index (χ3v) is 5.58. The number of benzene rings is 2. The number of aliphatic hydroxyl groups excluding tert-OH is 1. The topological polar surface area (TPSA) is 78.9 Å². The van der Waals surface area contributed by atoms with Crippen molar-refractivity contribution in [3.05, 3.63) is 68.7 Å². The number of aliphatic hydroxyl groups is 1. The molecule has 0 saturated carbocycles. The minimum Gasteiger partial charge on any atom is -0.396 e. The summed E-state index contributed by atoms with van der Waals surface area (Å²) in [5, 5.41) is 14.3. The summed E-state index contributed by atoms with van der Waals surface area (Å²) >= 11 is 11.9. The van der Waals surface area contributed by atoms with E-state index in [4.69, 9.17) is 34.0 Å². The van der Waals surface area contributed by atoms with E-state index in [1.165, 1.54) is 31.3 Å². The second-order valence-corrected chi connectivity index (χ2v) is 7.85. The zero-order valence-corrected chi connectivity index (χ0v) is 17.3. The van der Waals surface area contributed by atoms with Gasteiger partial charge in [-0.3, -0.25) is 9.80 Å². The average Bonchev–Trinajstić information content (AvgIpc) is 2.99. The highest BCUT2D eigenvalue weighted by molar-refractivity contribution is 6.34. The first-order valence-electron chi connectivity index (χ1n) is 8.88. The Bertz CT molecular complexity index is 1010. The molecule has 0 aromatic heterocycles. The van der Waals surface area contributed by atoms with Crippen molar-refractivity contribution in [3.8, 4) is 0 Å². The second-order valence-electron chi connectivity index (χ2n) is 6.97. The molecule has 5 nitrogen and oxygen atoms in total. The van der Waals surface area contributed by atoms with Gasteiger partial charge in [-0.05, 0) is 47.4 Å². The third-order valence-electron chi connectivity index (χ3n) is 5.15. The number of nitrogens with two attached hydrogens (primary N) is 1. The van der Waals surface area contributed by atoms with E-state index in [0.29, 0.717) is 11.1 Å². The predicted octanol–water partition coefficient (Wildman–Crippen LogP) is 4.12. The quantitative estimate of drug-likeness (QED) is 0.705. The number of halogens is 5. The van der Waals surface area contributed by atoms with Gasteiger partial charge in [0, 0.05) is 35.7 Å². The van der Waals surface area contributed by atoms with E-state index in [1.54, 1.807) is 12.1 Å². The van der Waals surface area contributed by atoms with Gasteiger partial charge < -0.3 is 10.8 Å². The lowest BCUT2D eigenvalue weighted by atomic mass is 9.83. The van der Waals surface area contributed by atoms with Crippen molar-refractivity contribution >= 4 is 34.8 Å². The first kappa shape index (κ1) is 22.4. The fraction of sp³-hybridized carbons (Fsp3) is 0.300. The molecule has 3 rings (SSSR count). The van der Waals surface area contributed by atoms with Crippen LogP contribution in [-0.4, -0.2) is 41.6 Å². The average molecular weight is 460 g/mol. The molecule has 3 N–H and O–H groups in total. The molecule has 0 aliphatic carbocycles. The maximum Gasteiger partial charge on any atom is 0.417 e. The minimum atomic E-state index is -4.70. The second kappa shape index (κ2) is 8.09. The molecule has 1 aliphatic rings. The summed E-state index contributed by atoms with van der Waals surface area (Å²) in [6, 6.07) is 8.30. The van der Waals surface area contributed by atoms with E-state index in [2.05, 4.69) is 5.10 Å². The van der Waals surface area contributed by atoms with E-state index in [0.717, 1.165) is 5.01 Å². The molecule has 1 unspecified atom stereocenters. The number of alkyl halides is 3. The van der Waals surface area contributed by atoms with Crippen LogP contribution in [-0.2, 0) is 12.0 Å². The SMILES string of the molecule is CN1N=C(c2ccc(CCO)c(C(N)=O)c2)CC1(c1cc(Cl)cc(Cl)c1)C(F)(F)F.